The molecule has 6 aliphatic rings. The molecule has 6 aliphatic carbocycles. The minimum atomic E-state index is -0.799. The summed E-state index contributed by atoms with van der Waals surface area (Å²) in [6.07, 6.45) is 12.4. The van der Waals surface area contributed by atoms with Gasteiger partial charge in [0, 0.05) is 5.54 Å². The van der Waals surface area contributed by atoms with Crippen molar-refractivity contribution in [3.05, 3.63) is 12.2 Å². The molecule has 6 bridgehead atoms. The second-order valence-corrected chi connectivity index (χ2v) is 9.03. The fourth-order valence-electron chi connectivity index (χ4n) is 7.12. The molecule has 6 rings (SSSR count). The van der Waals surface area contributed by atoms with E-state index in [9.17, 15) is 14.7 Å². The molecule has 4 atom stereocenters. The second-order valence-electron chi connectivity index (χ2n) is 9.03. The highest BCUT2D eigenvalue weighted by Gasteiger charge is 2.55. The average Bonchev–Trinajstić information content (AvgIpc) is 3.05. The van der Waals surface area contributed by atoms with Crippen LogP contribution in [0.5, 0.6) is 0 Å². The first kappa shape index (κ1) is 14.1. The predicted octanol–water partition coefficient (Wildman–Crippen LogP) is 2.59. The highest BCUT2D eigenvalue weighted by molar-refractivity contribution is 5.87. The van der Waals surface area contributed by atoms with Crippen LogP contribution in [-0.4, -0.2) is 22.5 Å². The number of carbonyl (C=O) groups excluding carboxylic acids is 1. The molecule has 0 heterocycles. The van der Waals surface area contributed by atoms with E-state index in [1.54, 1.807) is 0 Å². The molecule has 0 aliphatic heterocycles. The molecule has 5 saturated carbocycles. The Kier molecular flexibility index (Phi) is 2.82. The Morgan fingerprint density at radius 1 is 0.870 bits per heavy atom. The van der Waals surface area contributed by atoms with E-state index in [2.05, 4.69) is 11.4 Å². The summed E-state index contributed by atoms with van der Waals surface area (Å²) < 4.78 is 0. The van der Waals surface area contributed by atoms with Crippen LogP contribution in [0.15, 0.2) is 12.2 Å². The zero-order valence-corrected chi connectivity index (χ0v) is 13.4. The average molecular weight is 315 g/mol. The summed E-state index contributed by atoms with van der Waals surface area (Å²) in [6.45, 7) is 0. The van der Waals surface area contributed by atoms with Crippen LogP contribution in [0.2, 0.25) is 0 Å². The van der Waals surface area contributed by atoms with Gasteiger partial charge in [0.1, 0.15) is 0 Å². The summed E-state index contributed by atoms with van der Waals surface area (Å²) in [7, 11) is 0. The minimum absolute atomic E-state index is 0.0135. The predicted molar refractivity (Wildman–Crippen MR) is 84.4 cm³/mol. The lowest BCUT2D eigenvalue weighted by atomic mass is 9.53. The maximum absolute atomic E-state index is 13.0. The molecule has 1 amide bonds. The number of hydrogen-bond acceptors (Lipinski definition) is 2. The van der Waals surface area contributed by atoms with E-state index in [-0.39, 0.29) is 29.2 Å². The van der Waals surface area contributed by atoms with Gasteiger partial charge in [-0.2, -0.15) is 0 Å². The molecule has 0 aromatic rings. The van der Waals surface area contributed by atoms with Gasteiger partial charge in [-0.15, -0.1) is 0 Å². The van der Waals surface area contributed by atoms with Crippen LogP contribution in [0.25, 0.3) is 0 Å². The van der Waals surface area contributed by atoms with E-state index in [0.29, 0.717) is 0 Å². The van der Waals surface area contributed by atoms with Crippen molar-refractivity contribution in [2.24, 2.45) is 41.4 Å². The highest BCUT2D eigenvalue weighted by atomic mass is 16.4. The number of allylic oxidation sites excluding steroid dienone is 2. The number of aliphatic carboxylic acids is 1. The van der Waals surface area contributed by atoms with Gasteiger partial charge in [0.15, 0.2) is 0 Å². The third kappa shape index (κ3) is 2.03. The molecule has 5 fully saturated rings. The molecule has 23 heavy (non-hydrogen) atoms. The molecule has 0 aromatic carbocycles. The molecular weight excluding hydrogens is 290 g/mol. The molecule has 0 aromatic heterocycles. The minimum Gasteiger partial charge on any atom is -0.481 e. The first-order chi connectivity index (χ1) is 11.0. The number of hydrogen-bond donors (Lipinski definition) is 2. The van der Waals surface area contributed by atoms with E-state index in [0.717, 1.165) is 43.4 Å². The van der Waals surface area contributed by atoms with E-state index in [4.69, 9.17) is 0 Å². The van der Waals surface area contributed by atoms with Crippen LogP contribution in [-0.2, 0) is 9.59 Å². The SMILES string of the molecule is O=C(O)[C@@H]1[C@@H](C(=O)NC23CC4CC(CC(C4)C2)C3)[C@H]2C=C[C@H]1C2. The van der Waals surface area contributed by atoms with Gasteiger partial charge in [-0.25, -0.2) is 0 Å². The first-order valence-corrected chi connectivity index (χ1v) is 9.26. The summed E-state index contributed by atoms with van der Waals surface area (Å²) in [5, 5.41) is 13.0. The van der Waals surface area contributed by atoms with Crippen molar-refractivity contribution >= 4 is 11.9 Å². The van der Waals surface area contributed by atoms with Crippen LogP contribution < -0.4 is 5.32 Å². The van der Waals surface area contributed by atoms with E-state index in [1.807, 2.05) is 6.08 Å². The molecule has 0 radical (unpaired) electrons. The van der Waals surface area contributed by atoms with E-state index < -0.39 is 11.9 Å². The largest absolute Gasteiger partial charge is 0.481 e. The quantitative estimate of drug-likeness (QED) is 0.787. The standard InChI is InChI=1S/C19H25NO3/c21-17(15-13-1-2-14(6-13)16(15)18(22)23)20-19-7-10-3-11(8-19)5-12(4-10)9-19/h1-2,10-16H,3-9H2,(H,20,21)(H,22,23)/t10?,11?,12?,13-,14-,15-,16-,19?/m0/s1. The van der Waals surface area contributed by atoms with Gasteiger partial charge in [-0.05, 0) is 74.5 Å². The van der Waals surface area contributed by atoms with E-state index in [1.165, 1.54) is 19.3 Å². The van der Waals surface area contributed by atoms with Crippen molar-refractivity contribution in [2.75, 3.05) is 0 Å². The number of carboxylic acids is 1. The first-order valence-electron chi connectivity index (χ1n) is 9.26. The van der Waals surface area contributed by atoms with Crippen LogP contribution in [0, 0.1) is 41.4 Å². The zero-order chi connectivity index (χ0) is 15.8. The van der Waals surface area contributed by atoms with Gasteiger partial charge in [-0.1, -0.05) is 12.2 Å². The monoisotopic (exact) mass is 315 g/mol. The Morgan fingerprint density at radius 2 is 1.39 bits per heavy atom. The number of rotatable bonds is 3. The molecule has 0 saturated heterocycles. The molecule has 124 valence electrons. The molecule has 4 nitrogen and oxygen atoms in total. The third-order valence-electron chi connectivity index (χ3n) is 7.47. The van der Waals surface area contributed by atoms with Crippen molar-refractivity contribution < 1.29 is 14.7 Å². The summed E-state index contributed by atoms with van der Waals surface area (Å²) in [4.78, 5) is 24.7. The van der Waals surface area contributed by atoms with Crippen molar-refractivity contribution in [1.82, 2.24) is 5.32 Å². The molecule has 2 N–H and O–H groups in total. The van der Waals surface area contributed by atoms with Crippen molar-refractivity contribution in [3.63, 3.8) is 0 Å². The molecule has 4 heteroatoms. The van der Waals surface area contributed by atoms with Crippen LogP contribution in [0.3, 0.4) is 0 Å². The van der Waals surface area contributed by atoms with Crippen molar-refractivity contribution in [1.29, 1.82) is 0 Å². The molecule has 0 spiro atoms. The number of carbonyl (C=O) groups is 2. The molecule has 0 unspecified atom stereocenters. The number of amides is 1. The third-order valence-corrected chi connectivity index (χ3v) is 7.47. The smallest absolute Gasteiger partial charge is 0.307 e. The Morgan fingerprint density at radius 3 is 1.91 bits per heavy atom. The maximum atomic E-state index is 13.0. The van der Waals surface area contributed by atoms with Crippen molar-refractivity contribution in [3.8, 4) is 0 Å². The summed E-state index contributed by atoms with van der Waals surface area (Å²) in [5.41, 5.74) is -0.0135. The number of carboxylic acid groups (broad SMARTS) is 1. The Hall–Kier alpha value is -1.32. The lowest BCUT2D eigenvalue weighted by molar-refractivity contribution is -0.149. The highest BCUT2D eigenvalue weighted by Crippen LogP contribution is 2.56. The Balaban J connectivity index is 1.37. The summed E-state index contributed by atoms with van der Waals surface area (Å²) in [5.74, 6) is 0.919. The fourth-order valence-corrected chi connectivity index (χ4v) is 7.12. The lowest BCUT2D eigenvalue weighted by Crippen LogP contribution is -2.61. The molecular formula is C19H25NO3. The summed E-state index contributed by atoms with van der Waals surface area (Å²) in [6, 6.07) is 0. The van der Waals surface area contributed by atoms with Gasteiger partial charge in [0.25, 0.3) is 0 Å². The number of nitrogens with one attached hydrogen (secondary N) is 1. The van der Waals surface area contributed by atoms with Gasteiger partial charge >= 0.3 is 5.97 Å². The van der Waals surface area contributed by atoms with Crippen LogP contribution in [0.4, 0.5) is 0 Å². The van der Waals surface area contributed by atoms with Gasteiger partial charge < -0.3 is 10.4 Å². The van der Waals surface area contributed by atoms with Gasteiger partial charge in [0.05, 0.1) is 11.8 Å². The Bertz CT molecular complexity index is 560. The lowest BCUT2D eigenvalue weighted by Gasteiger charge is -2.57. The second kappa shape index (κ2) is 4.61. The fraction of sp³-hybridized carbons (Fsp3) is 0.789. The van der Waals surface area contributed by atoms with Crippen LogP contribution in [0.1, 0.15) is 44.9 Å². The maximum Gasteiger partial charge on any atom is 0.307 e. The topological polar surface area (TPSA) is 66.4 Å². The van der Waals surface area contributed by atoms with Gasteiger partial charge in [-0.3, -0.25) is 9.59 Å². The van der Waals surface area contributed by atoms with Crippen molar-refractivity contribution in [2.45, 2.75) is 50.5 Å². The van der Waals surface area contributed by atoms with Crippen LogP contribution >= 0.6 is 0 Å². The van der Waals surface area contributed by atoms with Gasteiger partial charge in [0.2, 0.25) is 5.91 Å². The normalized spacial score (nSPS) is 52.1. The Labute approximate surface area is 136 Å². The number of fused-ring (bicyclic) bond motifs is 2. The van der Waals surface area contributed by atoms with E-state index >= 15 is 0 Å². The summed E-state index contributed by atoms with van der Waals surface area (Å²) >= 11 is 0. The zero-order valence-electron chi connectivity index (χ0n) is 13.4.